The van der Waals surface area contributed by atoms with Gasteiger partial charge in [-0.15, -0.1) is 0 Å². The van der Waals surface area contributed by atoms with Crippen LogP contribution in [0.15, 0.2) is 59.5 Å². The lowest BCUT2D eigenvalue weighted by Crippen LogP contribution is -2.22. The Kier molecular flexibility index (Phi) is 4.69. The maximum Gasteiger partial charge on any atom is 0.268 e. The normalized spacial score (nSPS) is 15.6. The van der Waals surface area contributed by atoms with Crippen molar-refractivity contribution < 1.29 is 18.0 Å². The molecule has 2 heterocycles. The first-order valence-corrected chi connectivity index (χ1v) is 10.4. The fourth-order valence-electron chi connectivity index (χ4n) is 3.38. The summed E-state index contributed by atoms with van der Waals surface area (Å²) in [5, 5.41) is 11.5. The van der Waals surface area contributed by atoms with Gasteiger partial charge in [0.2, 0.25) is 15.9 Å². The Morgan fingerprint density at radius 1 is 1.10 bits per heavy atom. The minimum absolute atomic E-state index is 0.0364. The number of primary sulfonamides is 1. The minimum atomic E-state index is -3.79. The lowest BCUT2D eigenvalue weighted by molar-refractivity contribution is -0.111. The van der Waals surface area contributed by atoms with Gasteiger partial charge in [0.1, 0.15) is 5.69 Å². The van der Waals surface area contributed by atoms with E-state index in [0.717, 1.165) is 22.0 Å². The van der Waals surface area contributed by atoms with E-state index in [1.165, 1.54) is 30.3 Å². The lowest BCUT2D eigenvalue weighted by atomic mass is 9.99. The number of hydrogen-bond acceptors (Lipinski definition) is 4. The molecule has 5 N–H and O–H groups in total. The first-order chi connectivity index (χ1) is 13.8. The van der Waals surface area contributed by atoms with Gasteiger partial charge in [-0.3, -0.25) is 9.59 Å². The molecule has 29 heavy (non-hydrogen) atoms. The van der Waals surface area contributed by atoms with Crippen molar-refractivity contribution in [3.63, 3.8) is 0 Å². The summed E-state index contributed by atoms with van der Waals surface area (Å²) in [6.07, 6.45) is 1.96. The number of amides is 2. The van der Waals surface area contributed by atoms with E-state index in [1.807, 2.05) is 24.3 Å². The second-order valence-corrected chi connectivity index (χ2v) is 8.22. The maximum atomic E-state index is 12.6. The summed E-state index contributed by atoms with van der Waals surface area (Å²) in [6.45, 7) is 0.415. The molecule has 0 spiro atoms. The molecule has 0 saturated heterocycles. The van der Waals surface area contributed by atoms with Crippen molar-refractivity contribution in [3.05, 3.63) is 65.9 Å². The molecule has 0 fully saturated rings. The molecule has 0 unspecified atom stereocenters. The predicted molar refractivity (Wildman–Crippen MR) is 110 cm³/mol. The van der Waals surface area contributed by atoms with E-state index in [1.54, 1.807) is 0 Å². The molecular formula is C20H18N4O4S. The number of anilines is 1. The number of carbonyl (C=O) groups is 2. The fourth-order valence-corrected chi connectivity index (χ4v) is 3.89. The van der Waals surface area contributed by atoms with Crippen LogP contribution in [-0.2, 0) is 14.8 Å². The number of sulfonamides is 1. The summed E-state index contributed by atoms with van der Waals surface area (Å²) in [7, 11) is -3.79. The molecule has 0 saturated carbocycles. The third-order valence-electron chi connectivity index (χ3n) is 4.69. The number of rotatable bonds is 3. The van der Waals surface area contributed by atoms with E-state index in [0.29, 0.717) is 24.3 Å². The zero-order chi connectivity index (χ0) is 20.6. The minimum Gasteiger partial charge on any atom is -0.350 e. The smallest absolute Gasteiger partial charge is 0.268 e. The van der Waals surface area contributed by atoms with E-state index >= 15 is 0 Å². The summed E-state index contributed by atoms with van der Waals surface area (Å²) in [4.78, 5) is 28.0. The summed E-state index contributed by atoms with van der Waals surface area (Å²) in [5.74, 6) is -0.590. The van der Waals surface area contributed by atoms with Crippen molar-refractivity contribution in [2.45, 2.75) is 11.3 Å². The average Bonchev–Trinajstić information content (AvgIpc) is 2.99. The van der Waals surface area contributed by atoms with Crippen LogP contribution in [0.1, 0.15) is 22.5 Å². The maximum absolute atomic E-state index is 12.6. The van der Waals surface area contributed by atoms with Crippen molar-refractivity contribution in [1.29, 1.82) is 0 Å². The Labute approximate surface area is 166 Å². The molecular weight excluding hydrogens is 392 g/mol. The van der Waals surface area contributed by atoms with Crippen LogP contribution in [0.4, 0.5) is 5.69 Å². The fraction of sp³-hybridized carbons (Fsp3) is 0.100. The highest BCUT2D eigenvalue weighted by molar-refractivity contribution is 7.89. The Morgan fingerprint density at radius 3 is 2.55 bits per heavy atom. The molecule has 4 rings (SSSR count). The number of hydrogen-bond donors (Lipinski definition) is 4. The number of aromatic nitrogens is 1. The first kappa shape index (κ1) is 18.9. The molecule has 0 radical (unpaired) electrons. The van der Waals surface area contributed by atoms with Crippen molar-refractivity contribution in [2.24, 2.45) is 5.14 Å². The number of carbonyl (C=O) groups excluding carboxylic acids is 2. The van der Waals surface area contributed by atoms with Gasteiger partial charge >= 0.3 is 0 Å². The highest BCUT2D eigenvalue weighted by atomic mass is 32.2. The van der Waals surface area contributed by atoms with Gasteiger partial charge in [0.15, 0.2) is 0 Å². The summed E-state index contributed by atoms with van der Waals surface area (Å²) >= 11 is 0. The molecule has 1 aliphatic rings. The third-order valence-corrected chi connectivity index (χ3v) is 5.62. The van der Waals surface area contributed by atoms with Gasteiger partial charge in [-0.05, 0) is 42.3 Å². The molecule has 9 heteroatoms. The zero-order valence-electron chi connectivity index (χ0n) is 15.2. The molecule has 8 nitrogen and oxygen atoms in total. The van der Waals surface area contributed by atoms with E-state index in [4.69, 9.17) is 5.14 Å². The van der Waals surface area contributed by atoms with Crippen LogP contribution in [0, 0.1) is 0 Å². The van der Waals surface area contributed by atoms with Gasteiger partial charge in [0.05, 0.1) is 4.90 Å². The number of fused-ring (bicyclic) bond motifs is 3. The van der Waals surface area contributed by atoms with E-state index in [9.17, 15) is 18.0 Å². The SMILES string of the molecule is NS(=O)(=O)c1ccc(NC(=O)/C=C2\CCNC(=O)c3[nH]c4ccccc4c32)cc1. The van der Waals surface area contributed by atoms with Crippen LogP contribution >= 0.6 is 0 Å². The second kappa shape index (κ2) is 7.19. The van der Waals surface area contributed by atoms with Crippen LogP contribution in [-0.4, -0.2) is 31.8 Å². The van der Waals surface area contributed by atoms with Crippen LogP contribution in [0.5, 0.6) is 0 Å². The number of aromatic amines is 1. The molecule has 3 aromatic rings. The summed E-state index contributed by atoms with van der Waals surface area (Å²) in [5.41, 5.74) is 3.13. The summed E-state index contributed by atoms with van der Waals surface area (Å²) < 4.78 is 22.7. The van der Waals surface area contributed by atoms with Gasteiger partial charge in [-0.1, -0.05) is 18.2 Å². The van der Waals surface area contributed by atoms with Crippen LogP contribution in [0.25, 0.3) is 16.5 Å². The zero-order valence-corrected chi connectivity index (χ0v) is 16.0. The van der Waals surface area contributed by atoms with Gasteiger partial charge in [0.25, 0.3) is 5.91 Å². The Balaban J connectivity index is 1.66. The molecule has 0 bridgehead atoms. The van der Waals surface area contributed by atoms with Crippen molar-refractivity contribution in [3.8, 4) is 0 Å². The molecule has 0 aliphatic carbocycles. The molecule has 0 atom stereocenters. The van der Waals surface area contributed by atoms with E-state index < -0.39 is 10.0 Å². The van der Waals surface area contributed by atoms with Crippen molar-refractivity contribution in [1.82, 2.24) is 10.3 Å². The van der Waals surface area contributed by atoms with Gasteiger partial charge in [0, 0.05) is 34.8 Å². The Morgan fingerprint density at radius 2 is 1.83 bits per heavy atom. The molecule has 148 valence electrons. The summed E-state index contributed by atoms with van der Waals surface area (Å²) in [6, 6.07) is 13.1. The molecule has 2 aromatic carbocycles. The average molecular weight is 410 g/mol. The second-order valence-electron chi connectivity index (χ2n) is 6.65. The number of benzene rings is 2. The quantitative estimate of drug-likeness (QED) is 0.491. The number of nitrogens with two attached hydrogens (primary N) is 1. The number of H-pyrrole nitrogens is 1. The monoisotopic (exact) mass is 410 g/mol. The topological polar surface area (TPSA) is 134 Å². The first-order valence-electron chi connectivity index (χ1n) is 8.86. The lowest BCUT2D eigenvalue weighted by Gasteiger charge is -2.07. The molecule has 1 aliphatic heterocycles. The van der Waals surface area contributed by atoms with E-state index in [-0.39, 0.29) is 16.7 Å². The van der Waals surface area contributed by atoms with E-state index in [2.05, 4.69) is 15.6 Å². The standard InChI is InChI=1S/C20H18N4O4S/c21-29(27,28)14-7-5-13(6-8-14)23-17(25)11-12-9-10-22-20(26)19-18(12)15-3-1-2-4-16(15)24-19/h1-8,11,24H,9-10H2,(H,22,26)(H,23,25)(H2,21,27,28)/b12-11+. The van der Waals surface area contributed by atoms with Crippen molar-refractivity contribution in [2.75, 3.05) is 11.9 Å². The third kappa shape index (κ3) is 3.78. The number of nitrogens with one attached hydrogen (secondary N) is 3. The molecule has 1 aromatic heterocycles. The van der Waals surface area contributed by atoms with Crippen LogP contribution < -0.4 is 15.8 Å². The van der Waals surface area contributed by atoms with Crippen LogP contribution in [0.3, 0.4) is 0 Å². The highest BCUT2D eigenvalue weighted by Crippen LogP contribution is 2.32. The number of para-hydroxylation sites is 1. The van der Waals surface area contributed by atoms with Gasteiger partial charge in [-0.2, -0.15) is 0 Å². The van der Waals surface area contributed by atoms with Crippen molar-refractivity contribution >= 4 is 44.0 Å². The molecule has 2 amide bonds. The highest BCUT2D eigenvalue weighted by Gasteiger charge is 2.24. The Hall–Kier alpha value is -3.43. The Bertz CT molecular complexity index is 1260. The van der Waals surface area contributed by atoms with Gasteiger partial charge in [-0.25, -0.2) is 13.6 Å². The van der Waals surface area contributed by atoms with Crippen LogP contribution in [0.2, 0.25) is 0 Å². The largest absolute Gasteiger partial charge is 0.350 e. The predicted octanol–water partition coefficient (Wildman–Crippen LogP) is 1.97. The van der Waals surface area contributed by atoms with Gasteiger partial charge < -0.3 is 15.6 Å².